The summed E-state index contributed by atoms with van der Waals surface area (Å²) in [5.41, 5.74) is 11.4. The molecule has 0 bridgehead atoms. The molecule has 0 aromatic heterocycles. The number of carbonyl (C=O) groups is 1. The Kier molecular flexibility index (Phi) is 4.18. The third kappa shape index (κ3) is 3.17. The molecule has 0 fully saturated rings. The highest BCUT2D eigenvalue weighted by Gasteiger charge is 2.24. The highest BCUT2D eigenvalue weighted by atomic mass is 19.1. The molecule has 1 amide bonds. The molecule has 0 radical (unpaired) electrons. The van der Waals surface area contributed by atoms with Gasteiger partial charge in [0.2, 0.25) is 5.90 Å². The van der Waals surface area contributed by atoms with Crippen LogP contribution < -0.4 is 11.5 Å². The van der Waals surface area contributed by atoms with Crippen molar-refractivity contribution in [3.05, 3.63) is 47.8 Å². The average Bonchev–Trinajstić information content (AvgIpc) is 2.44. The Labute approximate surface area is 121 Å². The van der Waals surface area contributed by atoms with Crippen molar-refractivity contribution in [2.75, 3.05) is 0 Å². The maximum Gasteiger partial charge on any atom is 0.411 e. The molecular weight excluding hydrogens is 273 g/mol. The van der Waals surface area contributed by atoms with Crippen LogP contribution in [0.15, 0.2) is 36.4 Å². The number of rotatable bonds is 3. The zero-order valence-electron chi connectivity index (χ0n) is 11.5. The summed E-state index contributed by atoms with van der Waals surface area (Å²) in [6.07, 6.45) is -1.09. The van der Waals surface area contributed by atoms with Gasteiger partial charge < -0.3 is 16.2 Å². The first kappa shape index (κ1) is 14.9. The Morgan fingerprint density at radius 2 is 2.00 bits per heavy atom. The number of halogens is 1. The Bertz CT molecular complexity index is 702. The lowest BCUT2D eigenvalue weighted by Gasteiger charge is -2.21. The molecule has 2 atom stereocenters. The standard InChI is InChI=1S/C15H16FN3O2/c1-8(13(17)14(18)21-15(19)20)12-7-10(16)6-9-4-2-3-5-11(9)12/h2-8,13,18H,17H2,1H3,(H2,19,20). The third-order valence-electron chi connectivity index (χ3n) is 3.40. The van der Waals surface area contributed by atoms with Gasteiger partial charge in [0.15, 0.2) is 0 Å². The average molecular weight is 289 g/mol. The fourth-order valence-corrected chi connectivity index (χ4v) is 2.28. The minimum Gasteiger partial charge on any atom is -0.394 e. The van der Waals surface area contributed by atoms with Gasteiger partial charge >= 0.3 is 6.09 Å². The molecule has 0 heterocycles. The molecule has 0 aliphatic heterocycles. The fraction of sp³-hybridized carbons (Fsp3) is 0.200. The molecule has 0 saturated carbocycles. The number of hydrogen-bond acceptors (Lipinski definition) is 4. The highest BCUT2D eigenvalue weighted by Crippen LogP contribution is 2.28. The van der Waals surface area contributed by atoms with E-state index >= 15 is 0 Å². The molecule has 2 rings (SSSR count). The van der Waals surface area contributed by atoms with Crippen LogP contribution in [0.25, 0.3) is 10.8 Å². The molecule has 0 aliphatic rings. The van der Waals surface area contributed by atoms with Gasteiger partial charge in [-0.25, -0.2) is 9.18 Å². The van der Waals surface area contributed by atoms with Crippen LogP contribution in [0.3, 0.4) is 0 Å². The number of amides is 1. The van der Waals surface area contributed by atoms with Crippen LogP contribution in [-0.4, -0.2) is 18.0 Å². The van der Waals surface area contributed by atoms with E-state index < -0.39 is 24.0 Å². The van der Waals surface area contributed by atoms with Crippen LogP contribution in [-0.2, 0) is 4.74 Å². The van der Waals surface area contributed by atoms with Gasteiger partial charge in [-0.05, 0) is 28.5 Å². The molecule has 2 aromatic rings. The summed E-state index contributed by atoms with van der Waals surface area (Å²) in [6, 6.07) is 9.22. The monoisotopic (exact) mass is 289 g/mol. The molecule has 0 aliphatic carbocycles. The van der Waals surface area contributed by atoms with Gasteiger partial charge in [0.1, 0.15) is 5.82 Å². The first-order chi connectivity index (χ1) is 9.90. The van der Waals surface area contributed by atoms with E-state index in [-0.39, 0.29) is 5.82 Å². The topological polar surface area (TPSA) is 102 Å². The smallest absolute Gasteiger partial charge is 0.394 e. The maximum absolute atomic E-state index is 13.7. The van der Waals surface area contributed by atoms with E-state index in [4.69, 9.17) is 16.9 Å². The molecule has 2 aromatic carbocycles. The lowest BCUT2D eigenvalue weighted by atomic mass is 9.89. The summed E-state index contributed by atoms with van der Waals surface area (Å²) in [7, 11) is 0. The summed E-state index contributed by atoms with van der Waals surface area (Å²) < 4.78 is 18.2. The van der Waals surface area contributed by atoms with Crippen LogP contribution >= 0.6 is 0 Å². The Morgan fingerprint density at radius 3 is 2.67 bits per heavy atom. The number of nitrogens with one attached hydrogen (secondary N) is 1. The van der Waals surface area contributed by atoms with E-state index in [1.54, 1.807) is 13.0 Å². The molecule has 0 spiro atoms. The van der Waals surface area contributed by atoms with Crippen LogP contribution in [0.4, 0.5) is 9.18 Å². The van der Waals surface area contributed by atoms with E-state index in [1.807, 2.05) is 18.2 Å². The normalized spacial score (nSPS) is 13.7. The maximum atomic E-state index is 13.7. The number of hydrogen-bond donors (Lipinski definition) is 3. The van der Waals surface area contributed by atoms with Crippen molar-refractivity contribution in [1.29, 1.82) is 5.41 Å². The first-order valence-electron chi connectivity index (χ1n) is 6.39. The van der Waals surface area contributed by atoms with E-state index in [9.17, 15) is 9.18 Å². The van der Waals surface area contributed by atoms with Crippen molar-refractivity contribution in [3.8, 4) is 0 Å². The van der Waals surface area contributed by atoms with Crippen LogP contribution in [0.2, 0.25) is 0 Å². The van der Waals surface area contributed by atoms with Crippen molar-refractivity contribution in [2.45, 2.75) is 18.9 Å². The summed E-state index contributed by atoms with van der Waals surface area (Å²) in [6.45, 7) is 1.74. The second-order valence-electron chi connectivity index (χ2n) is 4.82. The number of fused-ring (bicyclic) bond motifs is 1. The number of carbonyl (C=O) groups excluding carboxylic acids is 1. The van der Waals surface area contributed by atoms with E-state index in [1.165, 1.54) is 12.1 Å². The predicted molar refractivity (Wildman–Crippen MR) is 78.7 cm³/mol. The molecule has 21 heavy (non-hydrogen) atoms. The first-order valence-corrected chi connectivity index (χ1v) is 6.39. The molecular formula is C15H16FN3O2. The minimum atomic E-state index is -1.09. The van der Waals surface area contributed by atoms with Gasteiger partial charge in [-0.3, -0.25) is 5.41 Å². The summed E-state index contributed by atoms with van der Waals surface area (Å²) in [5.74, 6) is -1.24. The number of nitrogens with two attached hydrogens (primary N) is 2. The van der Waals surface area contributed by atoms with Crippen LogP contribution in [0, 0.1) is 11.2 Å². The lowest BCUT2D eigenvalue weighted by molar-refractivity contribution is 0.204. The van der Waals surface area contributed by atoms with E-state index in [0.717, 1.165) is 10.8 Å². The van der Waals surface area contributed by atoms with Crippen molar-refractivity contribution < 1.29 is 13.9 Å². The van der Waals surface area contributed by atoms with Gasteiger partial charge in [0.05, 0.1) is 6.04 Å². The SMILES string of the molecule is CC(c1cc(F)cc2ccccc12)C(N)C(=N)OC(N)=O. The lowest BCUT2D eigenvalue weighted by Crippen LogP contribution is -2.38. The van der Waals surface area contributed by atoms with E-state index in [2.05, 4.69) is 4.74 Å². The number of ether oxygens (including phenoxy) is 1. The molecule has 0 saturated heterocycles. The Hall–Kier alpha value is -2.47. The Morgan fingerprint density at radius 1 is 1.33 bits per heavy atom. The van der Waals surface area contributed by atoms with Crippen LogP contribution in [0.5, 0.6) is 0 Å². The summed E-state index contributed by atoms with van der Waals surface area (Å²) in [5, 5.41) is 9.21. The largest absolute Gasteiger partial charge is 0.411 e. The highest BCUT2D eigenvalue weighted by molar-refractivity contribution is 5.91. The van der Waals surface area contributed by atoms with Crippen molar-refractivity contribution >= 4 is 22.8 Å². The van der Waals surface area contributed by atoms with Gasteiger partial charge in [-0.2, -0.15) is 0 Å². The van der Waals surface area contributed by atoms with Crippen molar-refractivity contribution in [3.63, 3.8) is 0 Å². The fourth-order valence-electron chi connectivity index (χ4n) is 2.28. The second kappa shape index (κ2) is 5.88. The van der Waals surface area contributed by atoms with Gasteiger partial charge in [0.25, 0.3) is 0 Å². The third-order valence-corrected chi connectivity index (χ3v) is 3.40. The quantitative estimate of drug-likeness (QED) is 0.597. The van der Waals surface area contributed by atoms with Gasteiger partial charge in [-0.1, -0.05) is 31.2 Å². The second-order valence-corrected chi connectivity index (χ2v) is 4.82. The van der Waals surface area contributed by atoms with Gasteiger partial charge in [0, 0.05) is 5.92 Å². The van der Waals surface area contributed by atoms with Crippen molar-refractivity contribution in [1.82, 2.24) is 0 Å². The Balaban J connectivity index is 2.41. The predicted octanol–water partition coefficient (Wildman–Crippen LogP) is 2.48. The van der Waals surface area contributed by atoms with E-state index in [0.29, 0.717) is 5.56 Å². The molecule has 5 nitrogen and oxygen atoms in total. The number of benzene rings is 2. The summed E-state index contributed by atoms with van der Waals surface area (Å²) >= 11 is 0. The zero-order chi connectivity index (χ0) is 15.6. The minimum absolute atomic E-state index is 0.384. The van der Waals surface area contributed by atoms with Gasteiger partial charge in [-0.15, -0.1) is 0 Å². The van der Waals surface area contributed by atoms with Crippen LogP contribution in [0.1, 0.15) is 18.4 Å². The summed E-state index contributed by atoms with van der Waals surface area (Å²) in [4.78, 5) is 10.7. The zero-order valence-corrected chi connectivity index (χ0v) is 11.5. The molecule has 2 unspecified atom stereocenters. The number of primary amides is 1. The molecule has 6 heteroatoms. The molecule has 110 valence electrons. The molecule has 5 N–H and O–H groups in total. The van der Waals surface area contributed by atoms with Crippen molar-refractivity contribution in [2.24, 2.45) is 11.5 Å².